The molecule has 0 amide bonds. The van der Waals surface area contributed by atoms with Crippen LogP contribution in [0.5, 0.6) is 11.5 Å². The Morgan fingerprint density at radius 2 is 2.05 bits per heavy atom. The molecule has 2 aromatic rings. The first-order valence-electron chi connectivity index (χ1n) is 6.73. The van der Waals surface area contributed by atoms with Gasteiger partial charge in [0, 0.05) is 4.88 Å². The second-order valence-electron chi connectivity index (χ2n) is 4.45. The Labute approximate surface area is 128 Å². The number of allylic oxidation sites excluding steroid dienone is 1. The average Bonchev–Trinajstić information content (AvgIpc) is 2.92. The molecule has 3 nitrogen and oxygen atoms in total. The van der Waals surface area contributed by atoms with Crippen molar-refractivity contribution in [3.8, 4) is 11.5 Å². The summed E-state index contributed by atoms with van der Waals surface area (Å²) in [6.07, 6.45) is 3.38. The van der Waals surface area contributed by atoms with Crippen LogP contribution in [0, 0.1) is 6.92 Å². The zero-order valence-corrected chi connectivity index (χ0v) is 13.2. The van der Waals surface area contributed by atoms with Crippen LogP contribution in [0.4, 0.5) is 0 Å². The van der Waals surface area contributed by atoms with Crippen molar-refractivity contribution in [2.45, 2.75) is 13.8 Å². The number of rotatable bonds is 6. The van der Waals surface area contributed by atoms with Crippen LogP contribution in [0.3, 0.4) is 0 Å². The first-order valence-corrected chi connectivity index (χ1v) is 7.55. The lowest BCUT2D eigenvalue weighted by Crippen LogP contribution is -1.95. The van der Waals surface area contributed by atoms with E-state index < -0.39 is 0 Å². The number of carbonyl (C=O) groups excluding carboxylic acids is 1. The number of carbonyl (C=O) groups is 1. The van der Waals surface area contributed by atoms with E-state index in [1.807, 2.05) is 44.2 Å². The molecule has 0 fully saturated rings. The van der Waals surface area contributed by atoms with Crippen LogP contribution in [-0.2, 0) is 0 Å². The van der Waals surface area contributed by atoms with Gasteiger partial charge in [-0.25, -0.2) is 0 Å². The molecule has 0 saturated heterocycles. The molecule has 0 N–H and O–H groups in total. The van der Waals surface area contributed by atoms with Crippen molar-refractivity contribution >= 4 is 23.2 Å². The number of methoxy groups -OCH3 is 1. The fraction of sp³-hybridized carbons (Fsp3) is 0.235. The molecule has 0 aliphatic rings. The maximum atomic E-state index is 12.0. The Morgan fingerprint density at radius 3 is 2.67 bits per heavy atom. The number of hydrogen-bond acceptors (Lipinski definition) is 4. The molecule has 4 heteroatoms. The highest BCUT2D eigenvalue weighted by Crippen LogP contribution is 2.28. The van der Waals surface area contributed by atoms with Crippen molar-refractivity contribution in [1.29, 1.82) is 0 Å². The Bertz CT molecular complexity index is 656. The molecule has 2 rings (SSSR count). The molecule has 110 valence electrons. The molecule has 1 heterocycles. The van der Waals surface area contributed by atoms with Crippen LogP contribution >= 0.6 is 11.3 Å². The first-order chi connectivity index (χ1) is 10.1. The second-order valence-corrected chi connectivity index (χ2v) is 5.74. The smallest absolute Gasteiger partial charge is 0.195 e. The standard InChI is InChI=1S/C17H18O3S/c1-4-20-16-11-13(7-9-15(16)19-3)6-8-14(18)17-10-5-12(2)21-17/h5-11H,4H2,1-3H3/b8-6+. The number of aryl methyl sites for hydroxylation is 1. The number of hydrogen-bond donors (Lipinski definition) is 0. The number of benzene rings is 1. The van der Waals surface area contributed by atoms with E-state index in [2.05, 4.69) is 0 Å². The number of ketones is 1. The fourth-order valence-electron chi connectivity index (χ4n) is 1.89. The van der Waals surface area contributed by atoms with E-state index in [-0.39, 0.29) is 5.78 Å². The molecule has 1 aromatic heterocycles. The van der Waals surface area contributed by atoms with Crippen LogP contribution in [0.25, 0.3) is 6.08 Å². The molecule has 0 radical (unpaired) electrons. The highest BCUT2D eigenvalue weighted by Gasteiger charge is 2.06. The van der Waals surface area contributed by atoms with E-state index in [0.29, 0.717) is 18.1 Å². The van der Waals surface area contributed by atoms with Gasteiger partial charge in [0.25, 0.3) is 0 Å². The predicted molar refractivity (Wildman–Crippen MR) is 86.6 cm³/mol. The SMILES string of the molecule is CCOc1cc(/C=C/C(=O)c2ccc(C)s2)ccc1OC. The minimum absolute atomic E-state index is 0.0156. The van der Waals surface area contributed by atoms with Gasteiger partial charge in [-0.15, -0.1) is 11.3 Å². The van der Waals surface area contributed by atoms with Crippen LogP contribution < -0.4 is 9.47 Å². The van der Waals surface area contributed by atoms with Crippen molar-refractivity contribution in [3.05, 3.63) is 51.7 Å². The van der Waals surface area contributed by atoms with Gasteiger partial charge in [0.1, 0.15) is 0 Å². The summed E-state index contributed by atoms with van der Waals surface area (Å²) in [5.74, 6) is 1.39. The molecular weight excluding hydrogens is 284 g/mol. The summed E-state index contributed by atoms with van der Waals surface area (Å²) in [4.78, 5) is 13.9. The lowest BCUT2D eigenvalue weighted by molar-refractivity contribution is 0.105. The van der Waals surface area contributed by atoms with Gasteiger partial charge in [0.05, 0.1) is 18.6 Å². The summed E-state index contributed by atoms with van der Waals surface area (Å²) in [6.45, 7) is 4.48. The summed E-state index contributed by atoms with van der Waals surface area (Å²) in [7, 11) is 1.61. The molecule has 21 heavy (non-hydrogen) atoms. The van der Waals surface area contributed by atoms with Gasteiger partial charge >= 0.3 is 0 Å². The normalized spacial score (nSPS) is 10.8. The van der Waals surface area contributed by atoms with Gasteiger partial charge in [-0.3, -0.25) is 4.79 Å². The van der Waals surface area contributed by atoms with Crippen molar-refractivity contribution in [2.24, 2.45) is 0 Å². The monoisotopic (exact) mass is 302 g/mol. The van der Waals surface area contributed by atoms with Gasteiger partial charge in [-0.1, -0.05) is 12.1 Å². The Balaban J connectivity index is 2.17. The van der Waals surface area contributed by atoms with Gasteiger partial charge in [-0.05, 0) is 49.8 Å². The molecular formula is C17H18O3S. The van der Waals surface area contributed by atoms with E-state index in [1.54, 1.807) is 19.3 Å². The van der Waals surface area contributed by atoms with Crippen molar-refractivity contribution in [3.63, 3.8) is 0 Å². The Hall–Kier alpha value is -2.07. The third-order valence-corrected chi connectivity index (χ3v) is 3.91. The third kappa shape index (κ3) is 3.95. The van der Waals surface area contributed by atoms with Crippen molar-refractivity contribution < 1.29 is 14.3 Å². The van der Waals surface area contributed by atoms with Gasteiger partial charge in [-0.2, -0.15) is 0 Å². The Kier molecular flexibility index (Phi) is 5.17. The van der Waals surface area contributed by atoms with Crippen LogP contribution in [0.15, 0.2) is 36.4 Å². The maximum Gasteiger partial charge on any atom is 0.195 e. The fourth-order valence-corrected chi connectivity index (χ4v) is 2.67. The van der Waals surface area contributed by atoms with Crippen molar-refractivity contribution in [2.75, 3.05) is 13.7 Å². The van der Waals surface area contributed by atoms with Crippen LogP contribution in [-0.4, -0.2) is 19.5 Å². The topological polar surface area (TPSA) is 35.5 Å². The highest BCUT2D eigenvalue weighted by molar-refractivity contribution is 7.14. The zero-order chi connectivity index (χ0) is 15.2. The first kappa shape index (κ1) is 15.3. The van der Waals surface area contributed by atoms with Gasteiger partial charge < -0.3 is 9.47 Å². The third-order valence-electron chi connectivity index (χ3n) is 2.90. The van der Waals surface area contributed by atoms with E-state index in [4.69, 9.17) is 9.47 Å². The van der Waals surface area contributed by atoms with E-state index in [0.717, 1.165) is 15.3 Å². The highest BCUT2D eigenvalue weighted by atomic mass is 32.1. The minimum atomic E-state index is 0.0156. The Morgan fingerprint density at radius 1 is 1.24 bits per heavy atom. The maximum absolute atomic E-state index is 12.0. The van der Waals surface area contributed by atoms with Crippen LogP contribution in [0.2, 0.25) is 0 Å². The molecule has 0 aliphatic heterocycles. The van der Waals surface area contributed by atoms with Crippen molar-refractivity contribution in [1.82, 2.24) is 0 Å². The second kappa shape index (κ2) is 7.09. The molecule has 0 unspecified atom stereocenters. The van der Waals surface area contributed by atoms with Gasteiger partial charge in [0.2, 0.25) is 0 Å². The van der Waals surface area contributed by atoms with Crippen LogP contribution in [0.1, 0.15) is 27.0 Å². The lowest BCUT2D eigenvalue weighted by atomic mass is 10.1. The molecule has 0 bridgehead atoms. The van der Waals surface area contributed by atoms with Gasteiger partial charge in [0.15, 0.2) is 17.3 Å². The molecule has 0 spiro atoms. The summed E-state index contributed by atoms with van der Waals surface area (Å²) < 4.78 is 10.8. The summed E-state index contributed by atoms with van der Waals surface area (Å²) in [5.41, 5.74) is 0.904. The molecule has 1 aromatic carbocycles. The number of ether oxygens (including phenoxy) is 2. The lowest BCUT2D eigenvalue weighted by Gasteiger charge is -2.09. The molecule has 0 aliphatic carbocycles. The van der Waals surface area contributed by atoms with E-state index in [9.17, 15) is 4.79 Å². The minimum Gasteiger partial charge on any atom is -0.493 e. The largest absolute Gasteiger partial charge is 0.493 e. The summed E-state index contributed by atoms with van der Waals surface area (Å²) in [6, 6.07) is 9.40. The zero-order valence-electron chi connectivity index (χ0n) is 12.4. The predicted octanol–water partition coefficient (Wildman–Crippen LogP) is 4.36. The van der Waals surface area contributed by atoms with E-state index in [1.165, 1.54) is 11.3 Å². The average molecular weight is 302 g/mol. The summed E-state index contributed by atoms with van der Waals surface area (Å²) >= 11 is 1.50. The number of thiophene rings is 1. The molecule has 0 saturated carbocycles. The summed E-state index contributed by atoms with van der Waals surface area (Å²) in [5, 5.41) is 0. The van der Waals surface area contributed by atoms with E-state index >= 15 is 0 Å². The quantitative estimate of drug-likeness (QED) is 0.587. The molecule has 0 atom stereocenters.